The molecule has 4 atom stereocenters. The summed E-state index contributed by atoms with van der Waals surface area (Å²) < 4.78 is 5.40. The highest BCUT2D eigenvalue weighted by molar-refractivity contribution is 4.88. The predicted octanol–water partition coefficient (Wildman–Crippen LogP) is 1.63. The molecule has 0 amide bonds. The van der Waals surface area contributed by atoms with Crippen LogP contribution in [0.2, 0.25) is 0 Å². The first-order valence-electron chi connectivity index (χ1n) is 6.72. The molecule has 1 N–H and O–H groups in total. The van der Waals surface area contributed by atoms with Gasteiger partial charge in [-0.15, -0.1) is 0 Å². The molecule has 0 aromatic carbocycles. The van der Waals surface area contributed by atoms with Crippen LogP contribution in [-0.4, -0.2) is 49.3 Å². The van der Waals surface area contributed by atoms with Gasteiger partial charge in [0.1, 0.15) is 0 Å². The third-order valence-electron chi connectivity index (χ3n) is 4.32. The summed E-state index contributed by atoms with van der Waals surface area (Å²) in [6, 6.07) is 2.15. The van der Waals surface area contributed by atoms with Crippen LogP contribution in [0, 0.1) is 0 Å². The second-order valence-corrected chi connectivity index (χ2v) is 5.52. The summed E-state index contributed by atoms with van der Waals surface area (Å²) in [5.74, 6) is 0. The third kappa shape index (κ3) is 2.76. The fourth-order valence-corrected chi connectivity index (χ4v) is 3.19. The maximum atomic E-state index is 5.40. The van der Waals surface area contributed by atoms with Crippen LogP contribution < -0.4 is 5.32 Å². The number of likely N-dealkylation sites (tertiary alicyclic amines) is 1. The lowest BCUT2D eigenvalue weighted by atomic mass is 9.96. The van der Waals surface area contributed by atoms with Crippen LogP contribution in [0.15, 0.2) is 0 Å². The summed E-state index contributed by atoms with van der Waals surface area (Å²) >= 11 is 0. The molecule has 2 rings (SSSR count). The van der Waals surface area contributed by atoms with E-state index in [1.54, 1.807) is 0 Å². The summed E-state index contributed by atoms with van der Waals surface area (Å²) in [6.45, 7) is 6.97. The van der Waals surface area contributed by atoms with Crippen molar-refractivity contribution in [1.82, 2.24) is 10.2 Å². The fourth-order valence-electron chi connectivity index (χ4n) is 3.19. The van der Waals surface area contributed by atoms with Gasteiger partial charge < -0.3 is 10.1 Å². The van der Waals surface area contributed by atoms with Crippen molar-refractivity contribution in [1.29, 1.82) is 0 Å². The van der Waals surface area contributed by atoms with Gasteiger partial charge in [-0.05, 0) is 33.1 Å². The van der Waals surface area contributed by atoms with Crippen molar-refractivity contribution in [2.24, 2.45) is 0 Å². The number of ether oxygens (including phenoxy) is 1. The first kappa shape index (κ1) is 12.3. The average Bonchev–Trinajstić information content (AvgIpc) is 2.71. The molecule has 3 heteroatoms. The molecule has 0 bridgehead atoms. The van der Waals surface area contributed by atoms with Gasteiger partial charge in [-0.2, -0.15) is 0 Å². The summed E-state index contributed by atoms with van der Waals surface area (Å²) in [7, 11) is 1.82. The van der Waals surface area contributed by atoms with Crippen LogP contribution in [-0.2, 0) is 4.74 Å². The van der Waals surface area contributed by atoms with Gasteiger partial charge in [-0.3, -0.25) is 4.90 Å². The highest BCUT2D eigenvalue weighted by Crippen LogP contribution is 2.24. The van der Waals surface area contributed by atoms with Crippen molar-refractivity contribution in [3.63, 3.8) is 0 Å². The van der Waals surface area contributed by atoms with Crippen molar-refractivity contribution in [3.05, 3.63) is 0 Å². The van der Waals surface area contributed by atoms with Crippen LogP contribution >= 0.6 is 0 Å². The number of rotatable bonds is 3. The lowest BCUT2D eigenvalue weighted by Gasteiger charge is -2.40. The zero-order valence-electron chi connectivity index (χ0n) is 10.9. The van der Waals surface area contributed by atoms with E-state index in [0.717, 1.165) is 18.6 Å². The van der Waals surface area contributed by atoms with Crippen LogP contribution in [0.3, 0.4) is 0 Å². The van der Waals surface area contributed by atoms with E-state index in [1.807, 2.05) is 7.11 Å². The van der Waals surface area contributed by atoms with Crippen LogP contribution in [0.25, 0.3) is 0 Å². The molecule has 2 unspecified atom stereocenters. The number of piperidine rings is 1. The quantitative estimate of drug-likeness (QED) is 0.791. The molecule has 2 fully saturated rings. The molecule has 0 aromatic heterocycles. The van der Waals surface area contributed by atoms with E-state index < -0.39 is 0 Å². The normalized spacial score (nSPS) is 41.4. The summed E-state index contributed by atoms with van der Waals surface area (Å²) in [5.41, 5.74) is 0. The molecule has 0 aromatic rings. The highest BCUT2D eigenvalue weighted by atomic mass is 16.5. The van der Waals surface area contributed by atoms with E-state index in [9.17, 15) is 0 Å². The van der Waals surface area contributed by atoms with E-state index in [0.29, 0.717) is 12.1 Å². The minimum atomic E-state index is 0.431. The van der Waals surface area contributed by atoms with Crippen molar-refractivity contribution in [2.45, 2.75) is 63.8 Å². The number of hydrogen-bond donors (Lipinski definition) is 1. The Balaban J connectivity index is 1.83. The zero-order chi connectivity index (χ0) is 11.5. The maximum Gasteiger partial charge on any atom is 0.0711 e. The first-order valence-corrected chi connectivity index (χ1v) is 6.72. The van der Waals surface area contributed by atoms with Gasteiger partial charge in [0.25, 0.3) is 0 Å². The molecule has 2 heterocycles. The lowest BCUT2D eigenvalue weighted by molar-refractivity contribution is 0.0860. The standard InChI is InChI=1S/C13H26N2O/c1-10-5-4-6-11(2)15(10)9-12-7-13(16-3)8-14-12/h10-14H,4-9H2,1-3H3/t10?,11?,12-,13-/m0/s1. The van der Waals surface area contributed by atoms with E-state index in [-0.39, 0.29) is 0 Å². The van der Waals surface area contributed by atoms with Gasteiger partial charge in [0, 0.05) is 38.3 Å². The molecule has 0 aliphatic carbocycles. The Kier molecular flexibility index (Phi) is 4.22. The van der Waals surface area contributed by atoms with E-state index in [2.05, 4.69) is 24.1 Å². The molecule has 0 spiro atoms. The molecule has 2 aliphatic heterocycles. The molecule has 0 saturated carbocycles. The van der Waals surface area contributed by atoms with Crippen molar-refractivity contribution < 1.29 is 4.74 Å². The van der Waals surface area contributed by atoms with Gasteiger partial charge in [-0.25, -0.2) is 0 Å². The largest absolute Gasteiger partial charge is 0.380 e. The second-order valence-electron chi connectivity index (χ2n) is 5.52. The molecule has 2 saturated heterocycles. The smallest absolute Gasteiger partial charge is 0.0711 e. The summed E-state index contributed by atoms with van der Waals surface area (Å²) in [4.78, 5) is 2.68. The Morgan fingerprint density at radius 2 is 1.94 bits per heavy atom. The Labute approximate surface area is 99.5 Å². The molecule has 16 heavy (non-hydrogen) atoms. The number of nitrogens with zero attached hydrogens (tertiary/aromatic N) is 1. The lowest BCUT2D eigenvalue weighted by Crippen LogP contribution is -2.49. The van der Waals surface area contributed by atoms with Crippen LogP contribution in [0.4, 0.5) is 0 Å². The topological polar surface area (TPSA) is 24.5 Å². The SMILES string of the molecule is CO[C@@H]1CN[C@H](CN2C(C)CCCC2C)C1. The molecular weight excluding hydrogens is 200 g/mol. The number of nitrogens with one attached hydrogen (secondary N) is 1. The Bertz CT molecular complexity index is 212. The number of methoxy groups -OCH3 is 1. The molecule has 94 valence electrons. The predicted molar refractivity (Wildman–Crippen MR) is 66.7 cm³/mol. The van der Waals surface area contributed by atoms with Crippen molar-refractivity contribution in [3.8, 4) is 0 Å². The average molecular weight is 226 g/mol. The third-order valence-corrected chi connectivity index (χ3v) is 4.32. The second kappa shape index (κ2) is 5.48. The Morgan fingerprint density at radius 3 is 2.50 bits per heavy atom. The monoisotopic (exact) mass is 226 g/mol. The van der Waals surface area contributed by atoms with Crippen molar-refractivity contribution >= 4 is 0 Å². The van der Waals surface area contributed by atoms with Gasteiger partial charge in [0.15, 0.2) is 0 Å². The highest BCUT2D eigenvalue weighted by Gasteiger charge is 2.30. The Hall–Kier alpha value is -0.120. The summed E-state index contributed by atoms with van der Waals surface area (Å²) in [6.07, 6.45) is 5.74. The van der Waals surface area contributed by atoms with Gasteiger partial charge in [0.05, 0.1) is 6.10 Å². The fraction of sp³-hybridized carbons (Fsp3) is 1.00. The van der Waals surface area contributed by atoms with Crippen LogP contribution in [0.1, 0.15) is 39.5 Å². The van der Waals surface area contributed by atoms with Gasteiger partial charge >= 0.3 is 0 Å². The molecule has 2 aliphatic rings. The van der Waals surface area contributed by atoms with Gasteiger partial charge in [-0.1, -0.05) is 6.42 Å². The van der Waals surface area contributed by atoms with E-state index in [4.69, 9.17) is 4.74 Å². The molecular formula is C13H26N2O. The minimum Gasteiger partial charge on any atom is -0.380 e. The van der Waals surface area contributed by atoms with E-state index >= 15 is 0 Å². The molecule has 0 radical (unpaired) electrons. The van der Waals surface area contributed by atoms with E-state index in [1.165, 1.54) is 32.2 Å². The molecule has 3 nitrogen and oxygen atoms in total. The maximum absolute atomic E-state index is 5.40. The zero-order valence-corrected chi connectivity index (χ0v) is 10.9. The van der Waals surface area contributed by atoms with Crippen LogP contribution in [0.5, 0.6) is 0 Å². The number of hydrogen-bond acceptors (Lipinski definition) is 3. The summed E-state index contributed by atoms with van der Waals surface area (Å²) in [5, 5.41) is 3.58. The Morgan fingerprint density at radius 1 is 1.25 bits per heavy atom. The minimum absolute atomic E-state index is 0.431. The van der Waals surface area contributed by atoms with Gasteiger partial charge in [0.2, 0.25) is 0 Å². The van der Waals surface area contributed by atoms with Crippen molar-refractivity contribution in [2.75, 3.05) is 20.2 Å². The first-order chi connectivity index (χ1) is 7.70.